The first-order valence-corrected chi connectivity index (χ1v) is 9.25. The summed E-state index contributed by atoms with van der Waals surface area (Å²) < 4.78 is 38.1. The van der Waals surface area contributed by atoms with E-state index >= 15 is 0 Å². The average Bonchev–Trinajstić information content (AvgIpc) is 2.49. The molecular weight excluding hydrogens is 331 g/mol. The van der Waals surface area contributed by atoms with E-state index < -0.39 is 21.7 Å². The molecule has 0 saturated heterocycles. The number of rotatable bonds is 6. The van der Waals surface area contributed by atoms with Crippen molar-refractivity contribution >= 4 is 21.6 Å². The van der Waals surface area contributed by atoms with Crippen LogP contribution >= 0.6 is 0 Å². The molecule has 1 amide bonds. The maximum Gasteiger partial charge on any atom is 0.255 e. The molecule has 0 radical (unpaired) electrons. The van der Waals surface area contributed by atoms with Crippen LogP contribution < -0.4 is 10.0 Å². The van der Waals surface area contributed by atoms with Crippen molar-refractivity contribution in [1.82, 2.24) is 4.72 Å². The summed E-state index contributed by atoms with van der Waals surface area (Å²) in [4.78, 5) is 12.1. The smallest absolute Gasteiger partial charge is 0.255 e. The van der Waals surface area contributed by atoms with Crippen LogP contribution in [0, 0.1) is 12.7 Å². The number of halogens is 1. The van der Waals surface area contributed by atoms with Gasteiger partial charge < -0.3 is 5.32 Å². The lowest BCUT2D eigenvalue weighted by molar-refractivity contribution is 0.102. The normalized spacial score (nSPS) is 11.3. The van der Waals surface area contributed by atoms with E-state index in [2.05, 4.69) is 10.0 Å². The summed E-state index contributed by atoms with van der Waals surface area (Å²) in [6.07, 6.45) is 1.62. The number of nitrogens with one attached hydrogen (secondary N) is 2. The molecule has 2 N–H and O–H groups in total. The van der Waals surface area contributed by atoms with Crippen LogP contribution in [0.4, 0.5) is 10.1 Å². The lowest BCUT2D eigenvalue weighted by Gasteiger charge is -2.08. The first-order chi connectivity index (χ1) is 11.2. The minimum atomic E-state index is -3.21. The molecule has 7 heteroatoms. The van der Waals surface area contributed by atoms with Gasteiger partial charge in [-0.1, -0.05) is 18.2 Å². The Morgan fingerprint density at radius 1 is 1.12 bits per heavy atom. The van der Waals surface area contributed by atoms with Gasteiger partial charge in [0.15, 0.2) is 0 Å². The Hall–Kier alpha value is -2.25. The van der Waals surface area contributed by atoms with E-state index in [9.17, 15) is 17.6 Å². The van der Waals surface area contributed by atoms with Crippen LogP contribution in [0.5, 0.6) is 0 Å². The number of hydrogen-bond donors (Lipinski definition) is 2. The van der Waals surface area contributed by atoms with E-state index in [1.54, 1.807) is 37.3 Å². The highest BCUT2D eigenvalue weighted by molar-refractivity contribution is 7.88. The molecule has 2 aromatic carbocycles. The van der Waals surface area contributed by atoms with Crippen molar-refractivity contribution < 1.29 is 17.6 Å². The van der Waals surface area contributed by atoms with E-state index in [0.29, 0.717) is 18.5 Å². The van der Waals surface area contributed by atoms with Gasteiger partial charge in [-0.05, 0) is 48.7 Å². The fourth-order valence-corrected chi connectivity index (χ4v) is 2.59. The van der Waals surface area contributed by atoms with E-state index in [1.165, 1.54) is 12.1 Å². The summed E-state index contributed by atoms with van der Waals surface area (Å²) in [5, 5.41) is 2.53. The topological polar surface area (TPSA) is 75.3 Å². The van der Waals surface area contributed by atoms with Crippen molar-refractivity contribution in [3.63, 3.8) is 0 Å². The van der Waals surface area contributed by atoms with Crippen LogP contribution in [0.1, 0.15) is 21.5 Å². The molecule has 2 rings (SSSR count). The minimum absolute atomic E-state index is 0.132. The second kappa shape index (κ2) is 7.55. The second-order valence-corrected chi connectivity index (χ2v) is 7.38. The van der Waals surface area contributed by atoms with Crippen molar-refractivity contribution in [3.05, 3.63) is 65.0 Å². The molecule has 0 unspecified atom stereocenters. The zero-order valence-electron chi connectivity index (χ0n) is 13.5. The van der Waals surface area contributed by atoms with Crippen LogP contribution in [-0.4, -0.2) is 27.1 Å². The summed E-state index contributed by atoms with van der Waals surface area (Å²) in [7, 11) is -3.21. The standard InChI is InChI=1S/C17H19FN2O3S/c1-12-3-8-16(15(18)11-12)20-17(21)14-6-4-13(5-7-14)9-10-19-24(2,22)23/h3-8,11,19H,9-10H2,1-2H3,(H,20,21). The predicted octanol–water partition coefficient (Wildman–Crippen LogP) is 2.48. The quantitative estimate of drug-likeness (QED) is 0.840. The molecule has 0 aromatic heterocycles. The molecule has 0 saturated carbocycles. The summed E-state index contributed by atoms with van der Waals surface area (Å²) in [6, 6.07) is 11.3. The number of aryl methyl sites for hydroxylation is 1. The highest BCUT2D eigenvalue weighted by Crippen LogP contribution is 2.16. The Morgan fingerprint density at radius 3 is 2.38 bits per heavy atom. The van der Waals surface area contributed by atoms with Crippen LogP contribution in [0.2, 0.25) is 0 Å². The summed E-state index contributed by atoms with van der Waals surface area (Å²) in [5.41, 5.74) is 2.20. The van der Waals surface area contributed by atoms with Gasteiger partial charge in [-0.2, -0.15) is 0 Å². The Labute approximate surface area is 141 Å². The first kappa shape index (κ1) is 18.1. The van der Waals surface area contributed by atoms with Crippen molar-refractivity contribution in [3.8, 4) is 0 Å². The molecule has 0 spiro atoms. The zero-order chi connectivity index (χ0) is 17.7. The number of amides is 1. The Morgan fingerprint density at radius 2 is 1.79 bits per heavy atom. The fraction of sp³-hybridized carbons (Fsp3) is 0.235. The van der Waals surface area contributed by atoms with Gasteiger partial charge in [0.05, 0.1) is 11.9 Å². The van der Waals surface area contributed by atoms with Gasteiger partial charge in [-0.15, -0.1) is 0 Å². The Balaban J connectivity index is 1.98. The van der Waals surface area contributed by atoms with Crippen molar-refractivity contribution in [2.24, 2.45) is 0 Å². The third-order valence-electron chi connectivity index (χ3n) is 3.37. The van der Waals surface area contributed by atoms with Crippen molar-refractivity contribution in [2.75, 3.05) is 18.1 Å². The van der Waals surface area contributed by atoms with Crippen LogP contribution in [0.15, 0.2) is 42.5 Å². The number of anilines is 1. The third kappa shape index (κ3) is 5.43. The number of carbonyl (C=O) groups excluding carboxylic acids is 1. The number of carbonyl (C=O) groups is 1. The molecule has 0 fully saturated rings. The van der Waals surface area contributed by atoms with Gasteiger partial charge in [-0.3, -0.25) is 4.79 Å². The summed E-state index contributed by atoms with van der Waals surface area (Å²) >= 11 is 0. The molecule has 5 nitrogen and oxygen atoms in total. The monoisotopic (exact) mass is 350 g/mol. The maximum absolute atomic E-state index is 13.8. The lowest BCUT2D eigenvalue weighted by atomic mass is 10.1. The van der Waals surface area contributed by atoms with Gasteiger partial charge in [0.2, 0.25) is 10.0 Å². The highest BCUT2D eigenvalue weighted by atomic mass is 32.2. The van der Waals surface area contributed by atoms with Gasteiger partial charge in [-0.25, -0.2) is 17.5 Å². The molecule has 0 aliphatic carbocycles. The molecule has 0 aliphatic rings. The largest absolute Gasteiger partial charge is 0.319 e. The minimum Gasteiger partial charge on any atom is -0.319 e. The molecule has 24 heavy (non-hydrogen) atoms. The van der Waals surface area contributed by atoms with Crippen LogP contribution in [-0.2, 0) is 16.4 Å². The summed E-state index contributed by atoms with van der Waals surface area (Å²) in [6.45, 7) is 2.06. The highest BCUT2D eigenvalue weighted by Gasteiger charge is 2.09. The SMILES string of the molecule is Cc1ccc(NC(=O)c2ccc(CCNS(C)(=O)=O)cc2)c(F)c1. The molecule has 0 aliphatic heterocycles. The molecule has 0 heterocycles. The predicted molar refractivity (Wildman–Crippen MR) is 92.1 cm³/mol. The molecular formula is C17H19FN2O3S. The average molecular weight is 350 g/mol. The van der Waals surface area contributed by atoms with Gasteiger partial charge in [0.1, 0.15) is 5.82 Å². The first-order valence-electron chi connectivity index (χ1n) is 7.36. The zero-order valence-corrected chi connectivity index (χ0v) is 14.3. The van der Waals surface area contributed by atoms with Gasteiger partial charge in [0.25, 0.3) is 5.91 Å². The van der Waals surface area contributed by atoms with E-state index in [4.69, 9.17) is 0 Å². The molecule has 2 aromatic rings. The fourth-order valence-electron chi connectivity index (χ4n) is 2.12. The Kier molecular flexibility index (Phi) is 5.69. The van der Waals surface area contributed by atoms with Crippen molar-refractivity contribution in [1.29, 1.82) is 0 Å². The van der Waals surface area contributed by atoms with Crippen LogP contribution in [0.25, 0.3) is 0 Å². The number of sulfonamides is 1. The molecule has 0 bridgehead atoms. The molecule has 0 atom stereocenters. The molecule has 128 valence electrons. The van der Waals surface area contributed by atoms with E-state index in [-0.39, 0.29) is 5.69 Å². The van der Waals surface area contributed by atoms with E-state index in [0.717, 1.165) is 17.4 Å². The summed E-state index contributed by atoms with van der Waals surface area (Å²) in [5.74, 6) is -0.884. The Bertz CT molecular complexity index is 833. The number of hydrogen-bond acceptors (Lipinski definition) is 3. The van der Waals surface area contributed by atoms with E-state index in [1.807, 2.05) is 0 Å². The second-order valence-electron chi connectivity index (χ2n) is 5.55. The number of benzene rings is 2. The lowest BCUT2D eigenvalue weighted by Crippen LogP contribution is -2.24. The van der Waals surface area contributed by atoms with Gasteiger partial charge >= 0.3 is 0 Å². The third-order valence-corrected chi connectivity index (χ3v) is 4.10. The van der Waals surface area contributed by atoms with Gasteiger partial charge in [0, 0.05) is 12.1 Å². The maximum atomic E-state index is 13.8. The van der Waals surface area contributed by atoms with Crippen molar-refractivity contribution in [2.45, 2.75) is 13.3 Å². The van der Waals surface area contributed by atoms with Crippen LogP contribution in [0.3, 0.4) is 0 Å².